The second kappa shape index (κ2) is 6.03. The molecule has 2 N–H and O–H groups in total. The number of H-pyrrole nitrogens is 1. The van der Waals surface area contributed by atoms with Crippen LogP contribution in [-0.4, -0.2) is 33.6 Å². The molecular formula is C11H17N3O3. The first-order chi connectivity index (χ1) is 8.02. The van der Waals surface area contributed by atoms with Crippen LogP contribution in [-0.2, 0) is 4.79 Å². The Morgan fingerprint density at radius 2 is 2.29 bits per heavy atom. The lowest BCUT2D eigenvalue weighted by Gasteiger charge is -2.26. The average Bonchev–Trinajstić information content (AvgIpc) is 2.25. The van der Waals surface area contributed by atoms with Crippen molar-refractivity contribution in [2.24, 2.45) is 0 Å². The highest BCUT2D eigenvalue weighted by Gasteiger charge is 2.15. The number of aliphatic carboxylic acids is 1. The standard InChI is InChI=1S/C11H17N3O3/c1-8(2)14(7-3-4-9(15)16)10-11(17)13-6-5-12-10/h5-6,8H,3-4,7H2,1-2H3,(H,13,17)(H,15,16). The molecule has 6 nitrogen and oxygen atoms in total. The van der Waals surface area contributed by atoms with E-state index in [-0.39, 0.29) is 18.0 Å². The monoisotopic (exact) mass is 239 g/mol. The molecule has 0 spiro atoms. The van der Waals surface area contributed by atoms with Crippen LogP contribution in [0.3, 0.4) is 0 Å². The quantitative estimate of drug-likeness (QED) is 0.768. The Labute approximate surface area is 99.3 Å². The van der Waals surface area contributed by atoms with Crippen LogP contribution in [0.4, 0.5) is 5.82 Å². The Morgan fingerprint density at radius 1 is 1.59 bits per heavy atom. The molecule has 1 aromatic rings. The SMILES string of the molecule is CC(C)N(CCCC(=O)O)c1ncc[nH]c1=O. The summed E-state index contributed by atoms with van der Waals surface area (Å²) >= 11 is 0. The molecule has 0 aliphatic carbocycles. The third-order valence-electron chi connectivity index (χ3n) is 2.37. The molecule has 1 rings (SSSR count). The summed E-state index contributed by atoms with van der Waals surface area (Å²) in [5, 5.41) is 8.59. The summed E-state index contributed by atoms with van der Waals surface area (Å²) in [5.41, 5.74) is -0.253. The summed E-state index contributed by atoms with van der Waals surface area (Å²) in [6.07, 6.45) is 3.57. The first kappa shape index (κ1) is 13.2. The fraction of sp³-hybridized carbons (Fsp3) is 0.545. The zero-order valence-electron chi connectivity index (χ0n) is 10.0. The van der Waals surface area contributed by atoms with Crippen molar-refractivity contribution >= 4 is 11.8 Å². The molecule has 0 fully saturated rings. The Bertz CT molecular complexity index is 428. The van der Waals surface area contributed by atoms with E-state index < -0.39 is 5.97 Å². The molecule has 0 atom stereocenters. The number of carboxylic acids is 1. The maximum Gasteiger partial charge on any atom is 0.303 e. The number of anilines is 1. The summed E-state index contributed by atoms with van der Waals surface area (Å²) < 4.78 is 0. The minimum atomic E-state index is -0.830. The molecule has 0 saturated carbocycles. The summed E-state index contributed by atoms with van der Waals surface area (Å²) in [4.78, 5) is 30.4. The van der Waals surface area contributed by atoms with Crippen LogP contribution >= 0.6 is 0 Å². The van der Waals surface area contributed by atoms with E-state index in [1.165, 1.54) is 12.4 Å². The van der Waals surface area contributed by atoms with Crippen LogP contribution in [0.2, 0.25) is 0 Å². The van der Waals surface area contributed by atoms with Gasteiger partial charge in [-0.1, -0.05) is 0 Å². The van der Waals surface area contributed by atoms with E-state index in [9.17, 15) is 9.59 Å². The van der Waals surface area contributed by atoms with Crippen molar-refractivity contribution in [3.63, 3.8) is 0 Å². The highest BCUT2D eigenvalue weighted by molar-refractivity contribution is 5.66. The lowest BCUT2D eigenvalue weighted by atomic mass is 10.2. The van der Waals surface area contributed by atoms with E-state index in [4.69, 9.17) is 5.11 Å². The van der Waals surface area contributed by atoms with E-state index in [0.717, 1.165) is 0 Å². The summed E-state index contributed by atoms with van der Waals surface area (Å²) in [7, 11) is 0. The molecule has 1 heterocycles. The predicted octanol–water partition coefficient (Wildman–Crippen LogP) is 0.850. The van der Waals surface area contributed by atoms with Crippen LogP contribution in [0.15, 0.2) is 17.2 Å². The molecule has 0 unspecified atom stereocenters. The van der Waals surface area contributed by atoms with Crippen molar-refractivity contribution in [3.05, 3.63) is 22.7 Å². The molecule has 0 saturated heterocycles. The van der Waals surface area contributed by atoms with Gasteiger partial charge in [-0.15, -0.1) is 0 Å². The molecule has 0 aromatic carbocycles. The third-order valence-corrected chi connectivity index (χ3v) is 2.37. The lowest BCUT2D eigenvalue weighted by molar-refractivity contribution is -0.137. The van der Waals surface area contributed by atoms with Crippen LogP contribution in [0.25, 0.3) is 0 Å². The topological polar surface area (TPSA) is 86.3 Å². The van der Waals surface area contributed by atoms with Crippen molar-refractivity contribution in [1.29, 1.82) is 0 Å². The van der Waals surface area contributed by atoms with E-state index in [0.29, 0.717) is 18.8 Å². The summed E-state index contributed by atoms with van der Waals surface area (Å²) in [5.74, 6) is -0.489. The Balaban J connectivity index is 2.76. The van der Waals surface area contributed by atoms with Gasteiger partial charge in [0, 0.05) is 31.4 Å². The zero-order chi connectivity index (χ0) is 12.8. The van der Waals surface area contributed by atoms with E-state index in [1.807, 2.05) is 18.7 Å². The first-order valence-electron chi connectivity index (χ1n) is 5.54. The van der Waals surface area contributed by atoms with Gasteiger partial charge in [0.05, 0.1) is 0 Å². The van der Waals surface area contributed by atoms with Gasteiger partial charge in [-0.05, 0) is 20.3 Å². The number of hydrogen-bond acceptors (Lipinski definition) is 4. The van der Waals surface area contributed by atoms with Crippen LogP contribution in [0, 0.1) is 0 Å². The van der Waals surface area contributed by atoms with Crippen LogP contribution in [0.5, 0.6) is 0 Å². The van der Waals surface area contributed by atoms with Crippen LogP contribution < -0.4 is 10.5 Å². The fourth-order valence-corrected chi connectivity index (χ4v) is 1.56. The van der Waals surface area contributed by atoms with Gasteiger partial charge >= 0.3 is 5.97 Å². The first-order valence-corrected chi connectivity index (χ1v) is 5.54. The lowest BCUT2D eigenvalue weighted by Crippen LogP contribution is -2.36. The number of carbonyl (C=O) groups is 1. The maximum atomic E-state index is 11.6. The van der Waals surface area contributed by atoms with E-state index in [1.54, 1.807) is 0 Å². The molecule has 0 radical (unpaired) electrons. The molecule has 0 aliphatic heterocycles. The van der Waals surface area contributed by atoms with Gasteiger partial charge in [0.2, 0.25) is 0 Å². The highest BCUT2D eigenvalue weighted by Crippen LogP contribution is 2.09. The molecular weight excluding hydrogens is 222 g/mol. The minimum Gasteiger partial charge on any atom is -0.481 e. The molecule has 0 bridgehead atoms. The third kappa shape index (κ3) is 3.90. The van der Waals surface area contributed by atoms with Crippen molar-refractivity contribution in [3.8, 4) is 0 Å². The number of hydrogen-bond donors (Lipinski definition) is 2. The molecule has 6 heteroatoms. The Hall–Kier alpha value is -1.85. The van der Waals surface area contributed by atoms with Gasteiger partial charge in [0.15, 0.2) is 5.82 Å². The number of rotatable bonds is 6. The van der Waals surface area contributed by atoms with Crippen molar-refractivity contribution < 1.29 is 9.90 Å². The smallest absolute Gasteiger partial charge is 0.303 e. The summed E-state index contributed by atoms with van der Waals surface area (Å²) in [6.45, 7) is 4.38. The zero-order valence-corrected chi connectivity index (χ0v) is 10.0. The Morgan fingerprint density at radius 3 is 2.82 bits per heavy atom. The van der Waals surface area contributed by atoms with Gasteiger partial charge in [-0.25, -0.2) is 4.98 Å². The number of aromatic nitrogens is 2. The van der Waals surface area contributed by atoms with Crippen molar-refractivity contribution in [2.75, 3.05) is 11.4 Å². The number of carboxylic acid groups (broad SMARTS) is 1. The van der Waals surface area contributed by atoms with Crippen molar-refractivity contribution in [1.82, 2.24) is 9.97 Å². The van der Waals surface area contributed by atoms with Gasteiger partial charge in [-0.2, -0.15) is 0 Å². The largest absolute Gasteiger partial charge is 0.481 e. The molecule has 0 aliphatic rings. The van der Waals surface area contributed by atoms with E-state index in [2.05, 4.69) is 9.97 Å². The second-order valence-corrected chi connectivity index (χ2v) is 4.03. The fourth-order valence-electron chi connectivity index (χ4n) is 1.56. The predicted molar refractivity (Wildman–Crippen MR) is 64.2 cm³/mol. The van der Waals surface area contributed by atoms with Gasteiger partial charge in [-0.3, -0.25) is 9.59 Å². The van der Waals surface area contributed by atoms with Gasteiger partial charge in [0.25, 0.3) is 5.56 Å². The molecule has 94 valence electrons. The number of nitrogens with one attached hydrogen (secondary N) is 1. The summed E-state index contributed by atoms with van der Waals surface area (Å²) in [6, 6.07) is 0.0970. The Kier molecular flexibility index (Phi) is 4.68. The molecule has 1 aromatic heterocycles. The maximum absolute atomic E-state index is 11.6. The highest BCUT2D eigenvalue weighted by atomic mass is 16.4. The molecule has 17 heavy (non-hydrogen) atoms. The average molecular weight is 239 g/mol. The van der Waals surface area contributed by atoms with Crippen molar-refractivity contribution in [2.45, 2.75) is 32.7 Å². The van der Waals surface area contributed by atoms with Gasteiger partial charge < -0.3 is 15.0 Å². The van der Waals surface area contributed by atoms with Gasteiger partial charge in [0.1, 0.15) is 0 Å². The minimum absolute atomic E-state index is 0.0912. The number of nitrogens with zero attached hydrogens (tertiary/aromatic N) is 2. The van der Waals surface area contributed by atoms with Crippen LogP contribution in [0.1, 0.15) is 26.7 Å². The second-order valence-electron chi connectivity index (χ2n) is 4.03. The molecule has 0 amide bonds. The number of aromatic amines is 1. The normalized spacial score (nSPS) is 10.5. The van der Waals surface area contributed by atoms with E-state index >= 15 is 0 Å².